The van der Waals surface area contributed by atoms with Crippen molar-refractivity contribution < 1.29 is 9.53 Å². The van der Waals surface area contributed by atoms with Crippen LogP contribution in [0.2, 0.25) is 0 Å². The Kier molecular flexibility index (Phi) is 5.60. The molecule has 2 aromatic heterocycles. The van der Waals surface area contributed by atoms with Crippen LogP contribution < -0.4 is 20.5 Å². The van der Waals surface area contributed by atoms with E-state index in [1.54, 1.807) is 19.2 Å². The number of hydrogen-bond donors (Lipinski definition) is 1. The van der Waals surface area contributed by atoms with Crippen LogP contribution in [-0.2, 0) is 24.4 Å². The summed E-state index contributed by atoms with van der Waals surface area (Å²) in [7, 11) is 1.56. The molecule has 9 heteroatoms. The molecule has 0 bridgehead atoms. The zero-order chi connectivity index (χ0) is 25.5. The third-order valence-electron chi connectivity index (χ3n) is 6.83. The number of aryl methyl sites for hydroxylation is 1. The zero-order valence-electron chi connectivity index (χ0n) is 20.6. The summed E-state index contributed by atoms with van der Waals surface area (Å²) in [6.45, 7) is 3.91. The van der Waals surface area contributed by atoms with Crippen molar-refractivity contribution in [3.8, 4) is 5.75 Å². The summed E-state index contributed by atoms with van der Waals surface area (Å²) in [6.07, 6.45) is 0. The number of carbonyl (C=O) groups is 1. The number of nitrogens with one attached hydrogen (secondary N) is 1. The Morgan fingerprint density at radius 3 is 2.65 bits per heavy atom. The van der Waals surface area contributed by atoms with Crippen molar-refractivity contribution in [3.05, 3.63) is 88.6 Å². The summed E-state index contributed by atoms with van der Waals surface area (Å²) in [6, 6.07) is 21.2. The van der Waals surface area contributed by atoms with E-state index < -0.39 is 0 Å². The van der Waals surface area contributed by atoms with Gasteiger partial charge in [0.05, 0.1) is 41.5 Å². The van der Waals surface area contributed by atoms with Gasteiger partial charge < -0.3 is 19.5 Å². The van der Waals surface area contributed by atoms with Crippen LogP contribution in [0.4, 0.5) is 11.4 Å². The van der Waals surface area contributed by atoms with E-state index in [9.17, 15) is 9.59 Å². The van der Waals surface area contributed by atoms with E-state index in [0.29, 0.717) is 29.1 Å². The quantitative estimate of drug-likeness (QED) is 0.400. The number of fused-ring (bicyclic) bond motifs is 4. The summed E-state index contributed by atoms with van der Waals surface area (Å²) in [5.41, 5.74) is 4.02. The van der Waals surface area contributed by atoms with Crippen molar-refractivity contribution >= 4 is 39.1 Å². The Morgan fingerprint density at radius 2 is 1.81 bits per heavy atom. The second-order valence-electron chi connectivity index (χ2n) is 9.12. The predicted octanol–water partition coefficient (Wildman–Crippen LogP) is 3.72. The van der Waals surface area contributed by atoms with Gasteiger partial charge in [-0.15, -0.1) is 0 Å². The minimum Gasteiger partial charge on any atom is -0.495 e. The number of benzene rings is 3. The summed E-state index contributed by atoms with van der Waals surface area (Å²) in [5, 5.41) is 8.59. The highest BCUT2D eigenvalue weighted by molar-refractivity contribution is 5.93. The lowest BCUT2D eigenvalue weighted by Gasteiger charge is -2.30. The Bertz CT molecular complexity index is 1720. The number of amides is 1. The van der Waals surface area contributed by atoms with Crippen LogP contribution >= 0.6 is 0 Å². The first-order valence-electron chi connectivity index (χ1n) is 12.2. The molecule has 0 saturated carbocycles. The van der Waals surface area contributed by atoms with Gasteiger partial charge in [-0.05, 0) is 43.3 Å². The van der Waals surface area contributed by atoms with E-state index in [1.807, 2.05) is 55.5 Å². The van der Waals surface area contributed by atoms with Crippen LogP contribution in [0.5, 0.6) is 5.75 Å². The van der Waals surface area contributed by atoms with Crippen LogP contribution in [-0.4, -0.2) is 38.9 Å². The molecule has 9 nitrogen and oxygen atoms in total. The second kappa shape index (κ2) is 9.09. The van der Waals surface area contributed by atoms with Gasteiger partial charge in [-0.3, -0.25) is 9.59 Å². The smallest absolute Gasteiger partial charge is 0.275 e. The van der Waals surface area contributed by atoms with E-state index in [-0.39, 0.29) is 18.0 Å². The van der Waals surface area contributed by atoms with Gasteiger partial charge in [-0.25, -0.2) is 9.67 Å². The van der Waals surface area contributed by atoms with Crippen molar-refractivity contribution in [3.63, 3.8) is 0 Å². The average Bonchev–Trinajstić information content (AvgIpc) is 3.29. The molecule has 1 aliphatic heterocycles. The largest absolute Gasteiger partial charge is 0.495 e. The lowest BCUT2D eigenvalue weighted by molar-refractivity contribution is -0.117. The number of ether oxygens (including phenoxy) is 1. The highest BCUT2D eigenvalue weighted by Crippen LogP contribution is 2.32. The summed E-state index contributed by atoms with van der Waals surface area (Å²) in [5.74, 6) is 1.18. The Morgan fingerprint density at radius 1 is 1.03 bits per heavy atom. The fourth-order valence-electron chi connectivity index (χ4n) is 5.01. The molecule has 1 aliphatic rings. The molecule has 1 amide bonds. The van der Waals surface area contributed by atoms with Crippen LogP contribution in [0.25, 0.3) is 21.8 Å². The summed E-state index contributed by atoms with van der Waals surface area (Å²) < 4.78 is 8.97. The number of aromatic nitrogens is 4. The van der Waals surface area contributed by atoms with Gasteiger partial charge in [0, 0.05) is 24.2 Å². The van der Waals surface area contributed by atoms with Crippen molar-refractivity contribution in [2.45, 2.75) is 26.6 Å². The van der Waals surface area contributed by atoms with Crippen LogP contribution in [0.1, 0.15) is 11.5 Å². The zero-order valence-corrected chi connectivity index (χ0v) is 20.6. The molecule has 0 unspecified atom stereocenters. The van der Waals surface area contributed by atoms with Gasteiger partial charge in [0.1, 0.15) is 18.1 Å². The molecule has 37 heavy (non-hydrogen) atoms. The first-order valence-corrected chi connectivity index (χ1v) is 12.2. The maximum atomic E-state index is 13.0. The Labute approximate surface area is 212 Å². The molecule has 0 radical (unpaired) electrons. The molecule has 1 N–H and O–H groups in total. The van der Waals surface area contributed by atoms with Gasteiger partial charge in [-0.2, -0.15) is 5.10 Å². The average molecular weight is 495 g/mol. The monoisotopic (exact) mass is 494 g/mol. The maximum Gasteiger partial charge on any atom is 0.275 e. The van der Waals surface area contributed by atoms with Crippen molar-refractivity contribution in [2.75, 3.05) is 23.9 Å². The normalized spacial score (nSPS) is 13.1. The van der Waals surface area contributed by atoms with E-state index in [0.717, 1.165) is 41.0 Å². The molecule has 0 fully saturated rings. The Hall–Kier alpha value is -4.66. The molecule has 6 rings (SSSR count). The number of rotatable bonds is 5. The second-order valence-corrected chi connectivity index (χ2v) is 9.12. The van der Waals surface area contributed by atoms with E-state index in [4.69, 9.17) is 9.72 Å². The molecule has 186 valence electrons. The molecule has 3 heterocycles. The summed E-state index contributed by atoms with van der Waals surface area (Å²) >= 11 is 0. The number of methoxy groups -OCH3 is 1. The van der Waals surface area contributed by atoms with Gasteiger partial charge >= 0.3 is 0 Å². The molecular formula is C28H26N6O3. The highest BCUT2D eigenvalue weighted by atomic mass is 16.5. The number of anilines is 2. The number of imidazole rings is 1. The minimum atomic E-state index is -0.361. The number of nitrogens with zero attached hydrogens (tertiary/aromatic N) is 5. The third-order valence-corrected chi connectivity index (χ3v) is 6.83. The van der Waals surface area contributed by atoms with E-state index >= 15 is 0 Å². The first-order chi connectivity index (χ1) is 18.0. The molecule has 5 aromatic rings. The third kappa shape index (κ3) is 4.08. The van der Waals surface area contributed by atoms with E-state index in [1.165, 1.54) is 4.68 Å². The molecule has 0 atom stereocenters. The maximum absolute atomic E-state index is 13.0. The number of hydrogen-bond acceptors (Lipinski definition) is 6. The standard InChI is InChI=1S/C28H26N6O3/c1-18-20-7-3-4-8-21(20)28(36)34(31-18)17-27(35)30-23-15-19(11-12-25(23)37-2)32-13-14-33-24-10-6-5-9-22(24)29-26(33)16-32/h3-12,15H,13-14,16-17H2,1-2H3,(H,30,35). The van der Waals surface area contributed by atoms with Crippen LogP contribution in [0.3, 0.4) is 0 Å². The highest BCUT2D eigenvalue weighted by Gasteiger charge is 2.21. The lowest BCUT2D eigenvalue weighted by atomic mass is 10.1. The van der Waals surface area contributed by atoms with Gasteiger partial charge in [0.25, 0.3) is 5.56 Å². The number of carbonyl (C=O) groups excluding carboxylic acids is 1. The Balaban J connectivity index is 1.25. The molecule has 3 aromatic carbocycles. The lowest BCUT2D eigenvalue weighted by Crippen LogP contribution is -2.34. The molecule has 0 spiro atoms. The van der Waals surface area contributed by atoms with Gasteiger partial charge in [0.15, 0.2) is 0 Å². The molecular weight excluding hydrogens is 468 g/mol. The van der Waals surface area contributed by atoms with E-state index in [2.05, 4.69) is 25.9 Å². The van der Waals surface area contributed by atoms with Gasteiger partial charge in [0.2, 0.25) is 5.91 Å². The predicted molar refractivity (Wildman–Crippen MR) is 143 cm³/mol. The van der Waals surface area contributed by atoms with Crippen molar-refractivity contribution in [2.24, 2.45) is 0 Å². The first kappa shape index (κ1) is 22.8. The molecule has 0 saturated heterocycles. The fourth-order valence-corrected chi connectivity index (χ4v) is 5.01. The van der Waals surface area contributed by atoms with Crippen LogP contribution in [0.15, 0.2) is 71.5 Å². The molecule has 0 aliphatic carbocycles. The van der Waals surface area contributed by atoms with Crippen molar-refractivity contribution in [1.82, 2.24) is 19.3 Å². The van der Waals surface area contributed by atoms with Gasteiger partial charge in [-0.1, -0.05) is 30.3 Å². The van der Waals surface area contributed by atoms with Crippen LogP contribution in [0, 0.1) is 6.92 Å². The topological polar surface area (TPSA) is 94.3 Å². The SMILES string of the molecule is COc1ccc(N2CCn3c(nc4ccccc43)C2)cc1NC(=O)Cn1nc(C)c2ccccc2c1=O. The minimum absolute atomic E-state index is 0.203. The summed E-state index contributed by atoms with van der Waals surface area (Å²) in [4.78, 5) is 32.9. The number of para-hydroxylation sites is 2. The van der Waals surface area contributed by atoms with Crippen molar-refractivity contribution in [1.29, 1.82) is 0 Å². The fraction of sp³-hybridized carbons (Fsp3) is 0.214.